The maximum Gasteiger partial charge on any atom is 0.468 e. The van der Waals surface area contributed by atoms with Gasteiger partial charge < -0.3 is 4.42 Å². The van der Waals surface area contributed by atoms with E-state index in [9.17, 15) is 0 Å². The SMILES string of the molecule is c1cc2c(cn1)-c1c[n+]3c4ccncc4oc3n1C2. The summed E-state index contributed by atoms with van der Waals surface area (Å²) in [6.07, 6.45) is 9.38. The van der Waals surface area contributed by atoms with Gasteiger partial charge in [0.15, 0.2) is 11.2 Å². The van der Waals surface area contributed by atoms with E-state index in [-0.39, 0.29) is 0 Å². The Morgan fingerprint density at radius 1 is 1.16 bits per heavy atom. The molecule has 0 spiro atoms. The lowest BCUT2D eigenvalue weighted by atomic mass is 10.1. The molecule has 0 aliphatic carbocycles. The van der Waals surface area contributed by atoms with E-state index < -0.39 is 0 Å². The fourth-order valence-corrected chi connectivity index (χ4v) is 2.84. The van der Waals surface area contributed by atoms with E-state index in [0.29, 0.717) is 0 Å². The van der Waals surface area contributed by atoms with Gasteiger partial charge >= 0.3 is 5.84 Å². The van der Waals surface area contributed by atoms with Crippen molar-refractivity contribution in [1.29, 1.82) is 0 Å². The third-order valence-electron chi connectivity index (χ3n) is 3.72. The summed E-state index contributed by atoms with van der Waals surface area (Å²) in [6.45, 7) is 0.830. The minimum atomic E-state index is 0.807. The van der Waals surface area contributed by atoms with Crippen LogP contribution in [-0.4, -0.2) is 14.5 Å². The summed E-state index contributed by atoms with van der Waals surface area (Å²) >= 11 is 0. The van der Waals surface area contributed by atoms with Crippen molar-refractivity contribution >= 4 is 16.9 Å². The van der Waals surface area contributed by atoms with Crippen molar-refractivity contribution < 1.29 is 8.82 Å². The van der Waals surface area contributed by atoms with Crippen LogP contribution in [-0.2, 0) is 6.54 Å². The van der Waals surface area contributed by atoms with Crippen LogP contribution >= 0.6 is 0 Å². The van der Waals surface area contributed by atoms with Crippen molar-refractivity contribution in [3.8, 4) is 11.3 Å². The molecule has 0 unspecified atom stereocenters. The molecular formula is C14H9N4O+. The van der Waals surface area contributed by atoms with E-state index in [0.717, 1.165) is 29.2 Å². The minimum absolute atomic E-state index is 0.807. The van der Waals surface area contributed by atoms with Gasteiger partial charge in [-0.3, -0.25) is 9.97 Å². The summed E-state index contributed by atoms with van der Waals surface area (Å²) < 4.78 is 10.2. The molecule has 1 aliphatic heterocycles. The number of rotatable bonds is 0. The molecule has 0 atom stereocenters. The number of aromatic nitrogens is 4. The summed E-state index contributed by atoms with van der Waals surface area (Å²) in [4.78, 5) is 8.30. The van der Waals surface area contributed by atoms with Crippen molar-refractivity contribution in [2.45, 2.75) is 6.54 Å². The Morgan fingerprint density at radius 3 is 3.05 bits per heavy atom. The van der Waals surface area contributed by atoms with E-state index >= 15 is 0 Å². The predicted molar refractivity (Wildman–Crippen MR) is 67.5 cm³/mol. The van der Waals surface area contributed by atoms with Gasteiger partial charge in [0.05, 0.1) is 11.8 Å². The Hall–Kier alpha value is -2.69. The van der Waals surface area contributed by atoms with Crippen LogP contribution < -0.4 is 4.40 Å². The van der Waals surface area contributed by atoms with E-state index in [1.807, 2.05) is 18.5 Å². The lowest BCUT2D eigenvalue weighted by molar-refractivity contribution is -0.484. The summed E-state index contributed by atoms with van der Waals surface area (Å²) in [6, 6.07) is 4.02. The molecule has 4 aromatic heterocycles. The van der Waals surface area contributed by atoms with Crippen molar-refractivity contribution in [3.05, 3.63) is 48.7 Å². The molecule has 0 aromatic carbocycles. The Morgan fingerprint density at radius 2 is 2.05 bits per heavy atom. The van der Waals surface area contributed by atoms with Gasteiger partial charge in [-0.2, -0.15) is 8.97 Å². The highest BCUT2D eigenvalue weighted by Gasteiger charge is 2.32. The third-order valence-corrected chi connectivity index (χ3v) is 3.72. The molecule has 0 fully saturated rings. The molecule has 0 bridgehead atoms. The standard InChI is InChI=1S/C14H9N4O/c1-3-15-5-10-9(1)7-17-12(10)8-18-11-2-4-16-6-13(11)19-14(17)18/h1-6,8H,7H2/q+1. The fourth-order valence-electron chi connectivity index (χ4n) is 2.84. The van der Waals surface area contributed by atoms with Crippen LogP contribution in [0.4, 0.5) is 0 Å². The van der Waals surface area contributed by atoms with Gasteiger partial charge in [0.2, 0.25) is 5.58 Å². The first-order valence-corrected chi connectivity index (χ1v) is 6.12. The largest absolute Gasteiger partial charge is 0.468 e. The molecule has 5 rings (SSSR count). The Balaban J connectivity index is 1.93. The van der Waals surface area contributed by atoms with Crippen molar-refractivity contribution in [3.63, 3.8) is 0 Å². The molecule has 1 aliphatic rings. The predicted octanol–water partition coefficient (Wildman–Crippen LogP) is 1.79. The van der Waals surface area contributed by atoms with Crippen LogP contribution in [0.1, 0.15) is 5.56 Å². The number of hydrogen-bond donors (Lipinski definition) is 0. The van der Waals surface area contributed by atoms with Crippen molar-refractivity contribution in [2.75, 3.05) is 0 Å². The van der Waals surface area contributed by atoms with E-state index in [4.69, 9.17) is 4.42 Å². The summed E-state index contributed by atoms with van der Waals surface area (Å²) in [5.74, 6) is 0.842. The number of pyridine rings is 2. The average molecular weight is 249 g/mol. The smallest absolute Gasteiger partial charge is 0.385 e. The van der Waals surface area contributed by atoms with Gasteiger partial charge in [0.25, 0.3) is 0 Å². The van der Waals surface area contributed by atoms with E-state index in [1.165, 1.54) is 11.1 Å². The Bertz CT molecular complexity index is 951. The van der Waals surface area contributed by atoms with Crippen molar-refractivity contribution in [2.24, 2.45) is 0 Å². The number of fused-ring (bicyclic) bond motifs is 7. The molecular weight excluding hydrogens is 240 g/mol. The maximum atomic E-state index is 5.91. The Kier molecular flexibility index (Phi) is 1.46. The monoisotopic (exact) mass is 249 g/mol. The molecule has 0 N–H and O–H groups in total. The average Bonchev–Trinajstić information content (AvgIpc) is 3.07. The van der Waals surface area contributed by atoms with Crippen LogP contribution in [0, 0.1) is 0 Å². The van der Waals surface area contributed by atoms with Crippen LogP contribution in [0.15, 0.2) is 47.5 Å². The zero-order chi connectivity index (χ0) is 12.4. The Labute approximate surface area is 107 Å². The van der Waals surface area contributed by atoms with Crippen LogP contribution in [0.25, 0.3) is 28.2 Å². The molecule has 5 nitrogen and oxygen atoms in total. The highest BCUT2D eigenvalue weighted by molar-refractivity contribution is 5.72. The maximum absolute atomic E-state index is 5.91. The molecule has 0 saturated heterocycles. The van der Waals surface area contributed by atoms with Crippen LogP contribution in [0.5, 0.6) is 0 Å². The molecule has 4 aromatic rings. The highest BCUT2D eigenvalue weighted by Crippen LogP contribution is 2.32. The third kappa shape index (κ3) is 1.03. The normalized spacial score (nSPS) is 13.1. The van der Waals surface area contributed by atoms with Gasteiger partial charge in [-0.15, -0.1) is 0 Å². The van der Waals surface area contributed by atoms with E-state index in [1.54, 1.807) is 12.4 Å². The van der Waals surface area contributed by atoms with Gasteiger partial charge in [-0.05, 0) is 6.07 Å². The zero-order valence-electron chi connectivity index (χ0n) is 9.95. The fraction of sp³-hybridized carbons (Fsp3) is 0.0714. The number of oxazole rings is 1. The number of nitrogens with zero attached hydrogens (tertiary/aromatic N) is 4. The van der Waals surface area contributed by atoms with E-state index in [2.05, 4.69) is 31.2 Å². The topological polar surface area (TPSA) is 48.0 Å². The summed E-state index contributed by atoms with van der Waals surface area (Å²) in [5.41, 5.74) is 5.47. The molecule has 0 radical (unpaired) electrons. The first-order chi connectivity index (χ1) is 9.42. The molecule has 0 amide bonds. The molecule has 90 valence electrons. The molecule has 19 heavy (non-hydrogen) atoms. The molecule has 5 heteroatoms. The van der Waals surface area contributed by atoms with Gasteiger partial charge in [0.1, 0.15) is 12.7 Å². The van der Waals surface area contributed by atoms with Gasteiger partial charge in [-0.25, -0.2) is 0 Å². The number of imidazole rings is 1. The highest BCUT2D eigenvalue weighted by atomic mass is 16.4. The van der Waals surface area contributed by atoms with Gasteiger partial charge in [-0.1, -0.05) is 0 Å². The second-order valence-corrected chi connectivity index (χ2v) is 4.73. The van der Waals surface area contributed by atoms with Crippen molar-refractivity contribution in [1.82, 2.24) is 14.5 Å². The number of hydrogen-bond acceptors (Lipinski definition) is 3. The molecule has 5 heterocycles. The first-order valence-electron chi connectivity index (χ1n) is 6.12. The van der Waals surface area contributed by atoms with Gasteiger partial charge in [0, 0.05) is 30.2 Å². The second kappa shape index (κ2) is 3.00. The first kappa shape index (κ1) is 9.27. The summed E-state index contributed by atoms with van der Waals surface area (Å²) in [7, 11) is 0. The lowest BCUT2D eigenvalue weighted by Gasteiger charge is -1.91. The quantitative estimate of drug-likeness (QED) is 0.393. The van der Waals surface area contributed by atoms with Crippen LogP contribution in [0.3, 0.4) is 0 Å². The van der Waals surface area contributed by atoms with Crippen LogP contribution in [0.2, 0.25) is 0 Å². The second-order valence-electron chi connectivity index (χ2n) is 4.73. The molecule has 0 saturated carbocycles. The lowest BCUT2D eigenvalue weighted by Crippen LogP contribution is -2.16. The minimum Gasteiger partial charge on any atom is -0.385 e. The zero-order valence-corrected chi connectivity index (χ0v) is 9.95. The summed E-state index contributed by atoms with van der Waals surface area (Å²) in [5, 5.41) is 0.